The Bertz CT molecular complexity index is 589. The lowest BCUT2D eigenvalue weighted by Crippen LogP contribution is -2.34. The first-order chi connectivity index (χ1) is 10.1. The predicted molar refractivity (Wildman–Crippen MR) is 86.1 cm³/mol. The predicted octanol–water partition coefficient (Wildman–Crippen LogP) is 2.92. The molecule has 4 nitrogen and oxygen atoms in total. The number of piperidine rings is 1. The van der Waals surface area contributed by atoms with Crippen LogP contribution in [0, 0.1) is 13.8 Å². The van der Waals surface area contributed by atoms with Crippen LogP contribution in [0.2, 0.25) is 0 Å². The molecule has 2 N–H and O–H groups in total. The summed E-state index contributed by atoms with van der Waals surface area (Å²) in [5, 5.41) is 4.35. The monoisotopic (exact) mass is 284 g/mol. The molecule has 0 saturated carbocycles. The van der Waals surface area contributed by atoms with E-state index in [9.17, 15) is 0 Å². The smallest absolute Gasteiger partial charge is 0.145 e. The molecule has 4 heteroatoms. The number of hydrogen-bond acceptors (Lipinski definition) is 3. The van der Waals surface area contributed by atoms with Gasteiger partial charge in [0, 0.05) is 25.8 Å². The van der Waals surface area contributed by atoms with Crippen molar-refractivity contribution in [3.8, 4) is 0 Å². The second-order valence-corrected chi connectivity index (χ2v) is 6.10. The van der Waals surface area contributed by atoms with Crippen LogP contribution in [0.5, 0.6) is 0 Å². The van der Waals surface area contributed by atoms with Gasteiger partial charge in [-0.3, -0.25) is 9.58 Å². The average Bonchev–Trinajstić information content (AvgIpc) is 2.90. The molecule has 1 aliphatic heterocycles. The van der Waals surface area contributed by atoms with E-state index in [1.807, 2.05) is 16.9 Å². The van der Waals surface area contributed by atoms with Crippen LogP contribution >= 0.6 is 0 Å². The number of likely N-dealkylation sites (tertiary alicyclic amines) is 1. The fourth-order valence-corrected chi connectivity index (χ4v) is 3.22. The van der Waals surface area contributed by atoms with Gasteiger partial charge in [0.15, 0.2) is 0 Å². The third kappa shape index (κ3) is 3.10. The molecule has 21 heavy (non-hydrogen) atoms. The van der Waals surface area contributed by atoms with Crippen molar-refractivity contribution in [2.75, 3.05) is 18.8 Å². The van der Waals surface area contributed by atoms with E-state index in [0.29, 0.717) is 11.9 Å². The highest BCUT2D eigenvalue weighted by Crippen LogP contribution is 2.24. The van der Waals surface area contributed by atoms with Crippen LogP contribution in [-0.4, -0.2) is 27.8 Å². The summed E-state index contributed by atoms with van der Waals surface area (Å²) in [7, 11) is 0. The van der Waals surface area contributed by atoms with Crippen LogP contribution in [0.1, 0.15) is 35.6 Å². The summed E-state index contributed by atoms with van der Waals surface area (Å²) < 4.78 is 2.03. The Hall–Kier alpha value is -1.81. The summed E-state index contributed by atoms with van der Waals surface area (Å²) in [6.07, 6.45) is 4.29. The fourth-order valence-electron chi connectivity index (χ4n) is 3.22. The molecule has 1 fully saturated rings. The molecule has 0 spiro atoms. The fraction of sp³-hybridized carbons (Fsp3) is 0.471. The number of aryl methyl sites for hydroxylation is 2. The number of rotatable bonds is 3. The second-order valence-electron chi connectivity index (χ2n) is 6.10. The van der Waals surface area contributed by atoms with Crippen LogP contribution in [0.3, 0.4) is 0 Å². The molecule has 0 amide bonds. The van der Waals surface area contributed by atoms with Gasteiger partial charge in [0.2, 0.25) is 0 Å². The molecule has 0 aliphatic carbocycles. The van der Waals surface area contributed by atoms with Gasteiger partial charge in [0.05, 0.1) is 6.04 Å². The molecule has 1 aromatic heterocycles. The summed E-state index contributed by atoms with van der Waals surface area (Å²) in [5.74, 6) is 0.618. The molecule has 112 valence electrons. The van der Waals surface area contributed by atoms with Crippen LogP contribution in [-0.2, 0) is 6.54 Å². The van der Waals surface area contributed by atoms with Crippen molar-refractivity contribution in [1.29, 1.82) is 0 Å². The van der Waals surface area contributed by atoms with E-state index in [2.05, 4.69) is 42.0 Å². The van der Waals surface area contributed by atoms with Crippen molar-refractivity contribution < 1.29 is 0 Å². The Morgan fingerprint density at radius 2 is 1.81 bits per heavy atom. The van der Waals surface area contributed by atoms with E-state index < -0.39 is 0 Å². The molecule has 0 atom stereocenters. The maximum absolute atomic E-state index is 5.71. The molecule has 2 aromatic rings. The minimum absolute atomic E-state index is 0.497. The van der Waals surface area contributed by atoms with Crippen LogP contribution in [0.4, 0.5) is 5.82 Å². The zero-order valence-electron chi connectivity index (χ0n) is 12.9. The zero-order chi connectivity index (χ0) is 14.8. The summed E-state index contributed by atoms with van der Waals surface area (Å²) in [5.41, 5.74) is 9.99. The summed E-state index contributed by atoms with van der Waals surface area (Å²) in [6, 6.07) is 8.94. The lowest BCUT2D eigenvalue weighted by Gasteiger charge is -2.32. The number of anilines is 1. The second kappa shape index (κ2) is 5.90. The molecular formula is C17H24N4. The van der Waals surface area contributed by atoms with E-state index in [1.165, 1.54) is 16.7 Å². The quantitative estimate of drug-likeness (QED) is 0.942. The number of aromatic nitrogens is 2. The van der Waals surface area contributed by atoms with Crippen molar-refractivity contribution in [3.63, 3.8) is 0 Å². The van der Waals surface area contributed by atoms with Crippen molar-refractivity contribution >= 4 is 5.82 Å². The van der Waals surface area contributed by atoms with Gasteiger partial charge >= 0.3 is 0 Å². The number of nitrogens with two attached hydrogens (primary N) is 1. The van der Waals surface area contributed by atoms with Crippen molar-refractivity contribution in [1.82, 2.24) is 14.7 Å². The first kappa shape index (κ1) is 14.1. The summed E-state index contributed by atoms with van der Waals surface area (Å²) >= 11 is 0. The third-order valence-electron chi connectivity index (χ3n) is 4.59. The minimum Gasteiger partial charge on any atom is -0.382 e. The third-order valence-corrected chi connectivity index (χ3v) is 4.59. The van der Waals surface area contributed by atoms with E-state index in [-0.39, 0.29) is 0 Å². The molecule has 1 saturated heterocycles. The van der Waals surface area contributed by atoms with Gasteiger partial charge in [-0.25, -0.2) is 0 Å². The molecule has 0 bridgehead atoms. The SMILES string of the molecule is Cc1cccc(C)c1CN1CCC(n2ccc(N)n2)CC1. The van der Waals surface area contributed by atoms with Crippen LogP contribution in [0.15, 0.2) is 30.5 Å². The molecule has 0 unspecified atom stereocenters. The number of nitrogen functional groups attached to an aromatic ring is 1. The first-order valence-electron chi connectivity index (χ1n) is 7.71. The maximum Gasteiger partial charge on any atom is 0.145 e. The van der Waals surface area contributed by atoms with Gasteiger partial charge in [-0.2, -0.15) is 5.10 Å². The zero-order valence-corrected chi connectivity index (χ0v) is 12.9. The van der Waals surface area contributed by atoms with E-state index in [0.717, 1.165) is 32.5 Å². The normalized spacial score (nSPS) is 17.2. The molecule has 1 aromatic carbocycles. The topological polar surface area (TPSA) is 47.1 Å². The Morgan fingerprint density at radius 3 is 2.38 bits per heavy atom. The highest BCUT2D eigenvalue weighted by molar-refractivity contribution is 5.33. The number of hydrogen-bond donors (Lipinski definition) is 1. The molecular weight excluding hydrogens is 260 g/mol. The standard InChI is InChI=1S/C17H24N4/c1-13-4-3-5-14(2)16(13)12-20-9-6-15(7-10-20)21-11-8-17(18)19-21/h3-5,8,11,15H,6-7,9-10,12H2,1-2H3,(H2,18,19). The van der Waals surface area contributed by atoms with Crippen molar-refractivity contribution in [3.05, 3.63) is 47.2 Å². The van der Waals surface area contributed by atoms with Gasteiger partial charge in [0.1, 0.15) is 5.82 Å². The lowest BCUT2D eigenvalue weighted by molar-refractivity contribution is 0.173. The molecule has 1 aliphatic rings. The summed E-state index contributed by atoms with van der Waals surface area (Å²) in [4.78, 5) is 2.55. The molecule has 2 heterocycles. The van der Waals surface area contributed by atoms with E-state index in [4.69, 9.17) is 5.73 Å². The van der Waals surface area contributed by atoms with Crippen molar-refractivity contribution in [2.24, 2.45) is 0 Å². The molecule has 3 rings (SSSR count). The first-order valence-corrected chi connectivity index (χ1v) is 7.71. The lowest BCUT2D eigenvalue weighted by atomic mass is 10.00. The van der Waals surface area contributed by atoms with Gasteiger partial charge in [-0.15, -0.1) is 0 Å². The highest BCUT2D eigenvalue weighted by Gasteiger charge is 2.21. The highest BCUT2D eigenvalue weighted by atomic mass is 15.3. The number of nitrogens with zero attached hydrogens (tertiary/aromatic N) is 3. The Labute approximate surface area is 126 Å². The Kier molecular flexibility index (Phi) is 3.97. The van der Waals surface area contributed by atoms with Gasteiger partial charge in [0.25, 0.3) is 0 Å². The average molecular weight is 284 g/mol. The van der Waals surface area contributed by atoms with E-state index in [1.54, 1.807) is 0 Å². The van der Waals surface area contributed by atoms with E-state index >= 15 is 0 Å². The van der Waals surface area contributed by atoms with Gasteiger partial charge in [-0.05, 0) is 49.4 Å². The van der Waals surface area contributed by atoms with Crippen LogP contribution in [0.25, 0.3) is 0 Å². The number of benzene rings is 1. The largest absolute Gasteiger partial charge is 0.382 e. The minimum atomic E-state index is 0.497. The van der Waals surface area contributed by atoms with Crippen molar-refractivity contribution in [2.45, 2.75) is 39.3 Å². The van der Waals surface area contributed by atoms with Gasteiger partial charge in [-0.1, -0.05) is 18.2 Å². The Balaban J connectivity index is 1.61. The molecule has 0 radical (unpaired) electrons. The van der Waals surface area contributed by atoms with Crippen LogP contribution < -0.4 is 5.73 Å². The maximum atomic E-state index is 5.71. The van der Waals surface area contributed by atoms with Gasteiger partial charge < -0.3 is 5.73 Å². The summed E-state index contributed by atoms with van der Waals surface area (Å²) in [6.45, 7) is 7.73. The Morgan fingerprint density at radius 1 is 1.14 bits per heavy atom.